The van der Waals surface area contributed by atoms with Crippen LogP contribution in [0.4, 0.5) is 0 Å². The number of amides is 2. The first-order valence-corrected chi connectivity index (χ1v) is 5.52. The number of nitrogens with two attached hydrogens (primary N) is 2. The summed E-state index contributed by atoms with van der Waals surface area (Å²) in [7, 11) is -4.28. The largest absolute Gasteiger partial charge is 0.480 e. The number of carbonyl (C=O) groups excluding carboxylic acids is 2. The zero-order chi connectivity index (χ0) is 12.9. The molecule has 0 aromatic carbocycles. The summed E-state index contributed by atoms with van der Waals surface area (Å²) in [5, 5.41) is 8.33. The van der Waals surface area contributed by atoms with Crippen molar-refractivity contribution < 1.29 is 27.9 Å². The molecule has 0 unspecified atom stereocenters. The van der Waals surface area contributed by atoms with E-state index in [4.69, 9.17) is 16.6 Å². The van der Waals surface area contributed by atoms with Gasteiger partial charge in [-0.1, -0.05) is 0 Å². The molecule has 0 aromatic rings. The third kappa shape index (κ3) is 5.26. The lowest BCUT2D eigenvalue weighted by atomic mass is 10.5. The molecule has 0 aliphatic carbocycles. The molecule has 0 saturated carbocycles. The van der Waals surface area contributed by atoms with Gasteiger partial charge >= 0.3 is 5.97 Å². The predicted octanol–water partition coefficient (Wildman–Crippen LogP) is -3.33. The Morgan fingerprint density at radius 3 is 1.69 bits per heavy atom. The number of carbonyl (C=O) groups is 3. The van der Waals surface area contributed by atoms with Crippen molar-refractivity contribution in [2.24, 2.45) is 11.5 Å². The molecule has 10 heteroatoms. The molecule has 0 radical (unpaired) electrons. The Kier molecular flexibility index (Phi) is 4.85. The van der Waals surface area contributed by atoms with E-state index in [1.165, 1.54) is 0 Å². The molecule has 0 bridgehead atoms. The van der Waals surface area contributed by atoms with Gasteiger partial charge in [-0.2, -0.15) is 4.31 Å². The lowest BCUT2D eigenvalue weighted by Gasteiger charge is -2.17. The molecule has 0 fully saturated rings. The molecular weight excluding hydrogens is 242 g/mol. The predicted molar refractivity (Wildman–Crippen MR) is 51.4 cm³/mol. The fraction of sp³-hybridized carbons (Fsp3) is 0.500. The van der Waals surface area contributed by atoms with E-state index in [-0.39, 0.29) is 0 Å². The Bertz CT molecular complexity index is 386. The highest BCUT2D eigenvalue weighted by molar-refractivity contribution is 7.89. The normalized spacial score (nSPS) is 11.3. The summed E-state index contributed by atoms with van der Waals surface area (Å²) in [4.78, 5) is 31.3. The lowest BCUT2D eigenvalue weighted by molar-refractivity contribution is -0.134. The SMILES string of the molecule is NC(=O)CN(CC(N)=O)S(=O)(=O)CC(=O)O. The van der Waals surface area contributed by atoms with Crippen molar-refractivity contribution in [3.8, 4) is 0 Å². The topological polar surface area (TPSA) is 161 Å². The van der Waals surface area contributed by atoms with Crippen molar-refractivity contribution in [2.45, 2.75) is 0 Å². The second-order valence-corrected chi connectivity index (χ2v) is 4.82. The minimum atomic E-state index is -4.28. The molecule has 0 aliphatic rings. The standard InChI is InChI=1S/C6H11N3O6S/c7-4(10)1-9(2-5(8)11)16(14,15)3-6(12)13/h1-3H2,(H2,7,10)(H2,8,11)(H,12,13). The fourth-order valence-corrected chi connectivity index (χ4v) is 1.99. The summed E-state index contributed by atoms with van der Waals surface area (Å²) in [5.41, 5.74) is 9.50. The van der Waals surface area contributed by atoms with Gasteiger partial charge in [-0.3, -0.25) is 14.4 Å². The highest BCUT2D eigenvalue weighted by Crippen LogP contribution is 2.00. The van der Waals surface area contributed by atoms with Crippen molar-refractivity contribution in [3.05, 3.63) is 0 Å². The second kappa shape index (κ2) is 5.42. The molecule has 9 nitrogen and oxygen atoms in total. The van der Waals surface area contributed by atoms with Gasteiger partial charge in [0.2, 0.25) is 21.8 Å². The summed E-state index contributed by atoms with van der Waals surface area (Å²) < 4.78 is 23.0. The van der Waals surface area contributed by atoms with Crippen molar-refractivity contribution >= 4 is 27.8 Å². The molecule has 0 atom stereocenters. The average molecular weight is 253 g/mol. The van der Waals surface area contributed by atoms with Crippen LogP contribution in [0.1, 0.15) is 0 Å². The third-order valence-corrected chi connectivity index (χ3v) is 3.02. The van der Waals surface area contributed by atoms with E-state index in [1.54, 1.807) is 0 Å². The van der Waals surface area contributed by atoms with E-state index in [2.05, 4.69) is 0 Å². The van der Waals surface area contributed by atoms with Gasteiger partial charge in [0, 0.05) is 0 Å². The summed E-state index contributed by atoms with van der Waals surface area (Å²) in [6, 6.07) is 0. The van der Waals surface area contributed by atoms with Crippen LogP contribution in [0.15, 0.2) is 0 Å². The Balaban J connectivity index is 4.93. The Labute approximate surface area is 91.0 Å². The first kappa shape index (κ1) is 14.3. The van der Waals surface area contributed by atoms with Gasteiger partial charge in [0.25, 0.3) is 0 Å². The first-order valence-electron chi connectivity index (χ1n) is 3.91. The Hall–Kier alpha value is -1.68. The van der Waals surface area contributed by atoms with E-state index in [0.717, 1.165) is 0 Å². The average Bonchev–Trinajstić information content (AvgIpc) is 1.98. The molecule has 0 aliphatic heterocycles. The maximum atomic E-state index is 11.3. The molecular formula is C6H11N3O6S. The number of carboxylic acids is 1. The number of aliphatic carboxylic acids is 1. The minimum Gasteiger partial charge on any atom is -0.480 e. The van der Waals surface area contributed by atoms with Gasteiger partial charge in [0.05, 0.1) is 13.1 Å². The number of carboxylic acid groups (broad SMARTS) is 1. The molecule has 0 aromatic heterocycles. The number of rotatable bonds is 7. The number of hydrogen-bond acceptors (Lipinski definition) is 5. The van der Waals surface area contributed by atoms with Gasteiger partial charge in [-0.05, 0) is 0 Å². The molecule has 0 heterocycles. The van der Waals surface area contributed by atoms with Crippen LogP contribution in [-0.4, -0.2) is 54.5 Å². The van der Waals surface area contributed by atoms with E-state index in [1.807, 2.05) is 0 Å². The monoisotopic (exact) mass is 253 g/mol. The van der Waals surface area contributed by atoms with Crippen LogP contribution >= 0.6 is 0 Å². The van der Waals surface area contributed by atoms with Crippen LogP contribution in [-0.2, 0) is 24.4 Å². The summed E-state index contributed by atoms with van der Waals surface area (Å²) in [6.07, 6.45) is 0. The van der Waals surface area contributed by atoms with Crippen LogP contribution < -0.4 is 11.5 Å². The van der Waals surface area contributed by atoms with Crippen molar-refractivity contribution in [3.63, 3.8) is 0 Å². The zero-order valence-electron chi connectivity index (χ0n) is 8.12. The summed E-state index contributed by atoms with van der Waals surface area (Å²) in [6.45, 7) is -1.59. The van der Waals surface area contributed by atoms with Crippen LogP contribution in [0.5, 0.6) is 0 Å². The number of sulfonamides is 1. The van der Waals surface area contributed by atoms with Gasteiger partial charge in [-0.15, -0.1) is 0 Å². The molecule has 16 heavy (non-hydrogen) atoms. The van der Waals surface area contributed by atoms with Gasteiger partial charge < -0.3 is 16.6 Å². The quantitative estimate of drug-likeness (QED) is 0.430. The van der Waals surface area contributed by atoms with Crippen LogP contribution in [0, 0.1) is 0 Å². The first-order chi connectivity index (χ1) is 7.15. The number of primary amides is 2. The third-order valence-electron chi connectivity index (χ3n) is 1.36. The molecule has 92 valence electrons. The van der Waals surface area contributed by atoms with E-state index < -0.39 is 46.6 Å². The lowest BCUT2D eigenvalue weighted by Crippen LogP contribution is -2.45. The van der Waals surface area contributed by atoms with E-state index in [9.17, 15) is 22.8 Å². The van der Waals surface area contributed by atoms with Crippen molar-refractivity contribution in [2.75, 3.05) is 18.8 Å². The molecule has 5 N–H and O–H groups in total. The van der Waals surface area contributed by atoms with E-state index >= 15 is 0 Å². The van der Waals surface area contributed by atoms with Crippen molar-refractivity contribution in [1.29, 1.82) is 0 Å². The van der Waals surface area contributed by atoms with Crippen LogP contribution in [0.2, 0.25) is 0 Å². The molecule has 0 saturated heterocycles. The molecule has 2 amide bonds. The Morgan fingerprint density at radius 2 is 1.44 bits per heavy atom. The summed E-state index contributed by atoms with van der Waals surface area (Å²) in [5.74, 6) is -4.89. The van der Waals surface area contributed by atoms with E-state index in [0.29, 0.717) is 4.31 Å². The zero-order valence-corrected chi connectivity index (χ0v) is 8.94. The van der Waals surface area contributed by atoms with Gasteiger partial charge in [0.15, 0.2) is 5.75 Å². The smallest absolute Gasteiger partial charge is 0.320 e. The van der Waals surface area contributed by atoms with Crippen LogP contribution in [0.3, 0.4) is 0 Å². The highest BCUT2D eigenvalue weighted by Gasteiger charge is 2.27. The van der Waals surface area contributed by atoms with Gasteiger partial charge in [-0.25, -0.2) is 8.42 Å². The number of hydrogen-bond donors (Lipinski definition) is 3. The number of nitrogens with zero attached hydrogens (tertiary/aromatic N) is 1. The highest BCUT2D eigenvalue weighted by atomic mass is 32.2. The minimum absolute atomic E-state index is 0.325. The molecule has 0 rings (SSSR count). The van der Waals surface area contributed by atoms with Crippen LogP contribution in [0.25, 0.3) is 0 Å². The maximum Gasteiger partial charge on any atom is 0.320 e. The Morgan fingerprint density at radius 1 is 1.06 bits per heavy atom. The fourth-order valence-electron chi connectivity index (χ4n) is 0.848. The molecule has 0 spiro atoms. The second-order valence-electron chi connectivity index (χ2n) is 2.85. The van der Waals surface area contributed by atoms with Crippen molar-refractivity contribution in [1.82, 2.24) is 4.31 Å². The summed E-state index contributed by atoms with van der Waals surface area (Å²) >= 11 is 0. The maximum absolute atomic E-state index is 11.3. The van der Waals surface area contributed by atoms with Gasteiger partial charge in [0.1, 0.15) is 0 Å².